The first-order valence-corrected chi connectivity index (χ1v) is 8.78. The Bertz CT molecular complexity index is 815. The second-order valence-electron chi connectivity index (χ2n) is 5.05. The van der Waals surface area contributed by atoms with Crippen molar-refractivity contribution >= 4 is 52.2 Å². The number of halogens is 2. The van der Waals surface area contributed by atoms with Crippen LogP contribution in [0.15, 0.2) is 47.6 Å². The van der Waals surface area contributed by atoms with E-state index in [9.17, 15) is 4.79 Å². The van der Waals surface area contributed by atoms with Gasteiger partial charge in [0, 0.05) is 28.5 Å². The number of carbonyl (C=O) groups excluding carboxylic acids is 1. The third kappa shape index (κ3) is 4.56. The number of amides is 2. The van der Waals surface area contributed by atoms with Crippen molar-refractivity contribution in [1.82, 2.24) is 20.0 Å². The third-order valence-corrected chi connectivity index (χ3v) is 4.34. The number of aromatic amines is 1. The molecule has 3 aromatic rings. The number of hydrogen-bond acceptors (Lipinski definition) is 3. The van der Waals surface area contributed by atoms with Crippen LogP contribution in [-0.2, 0) is 6.42 Å². The highest BCUT2D eigenvalue weighted by Gasteiger charge is 2.06. The van der Waals surface area contributed by atoms with Gasteiger partial charge in [-0.15, -0.1) is 0 Å². The van der Waals surface area contributed by atoms with Crippen LogP contribution in [0.25, 0.3) is 11.0 Å². The monoisotopic (exact) mass is 380 g/mol. The molecule has 0 atom stereocenters. The van der Waals surface area contributed by atoms with Gasteiger partial charge < -0.3 is 10.3 Å². The minimum Gasteiger partial charge on any atom is -0.337 e. The summed E-state index contributed by atoms with van der Waals surface area (Å²) >= 11 is 13.0. The predicted octanol–water partition coefficient (Wildman–Crippen LogP) is 4.42. The molecule has 1 heterocycles. The number of nitrogens with zero attached hydrogens (tertiary/aromatic N) is 1. The van der Waals surface area contributed by atoms with Crippen LogP contribution in [0.3, 0.4) is 0 Å². The fourth-order valence-electron chi connectivity index (χ4n) is 2.18. The zero-order chi connectivity index (χ0) is 16.9. The number of rotatable bonds is 5. The van der Waals surface area contributed by atoms with E-state index < -0.39 is 0 Å². The Kier molecular flexibility index (Phi) is 5.50. The van der Waals surface area contributed by atoms with E-state index in [0.29, 0.717) is 28.2 Å². The number of benzene rings is 2. The van der Waals surface area contributed by atoms with Crippen molar-refractivity contribution < 1.29 is 4.79 Å². The molecular weight excluding hydrogens is 367 g/mol. The van der Waals surface area contributed by atoms with E-state index in [1.807, 2.05) is 36.4 Å². The van der Waals surface area contributed by atoms with Gasteiger partial charge in [-0.1, -0.05) is 35.3 Å². The van der Waals surface area contributed by atoms with Crippen LogP contribution in [0.4, 0.5) is 4.79 Å². The van der Waals surface area contributed by atoms with Crippen molar-refractivity contribution in [2.75, 3.05) is 6.54 Å². The summed E-state index contributed by atoms with van der Waals surface area (Å²) in [5.74, 6) is 0. The summed E-state index contributed by atoms with van der Waals surface area (Å²) in [7, 11) is 0. The van der Waals surface area contributed by atoms with Crippen LogP contribution in [0.1, 0.15) is 5.56 Å². The molecule has 1 aromatic heterocycles. The van der Waals surface area contributed by atoms with Crippen LogP contribution in [-0.4, -0.2) is 22.5 Å². The molecule has 0 unspecified atom stereocenters. The van der Waals surface area contributed by atoms with Crippen LogP contribution in [0, 0.1) is 0 Å². The molecule has 8 heteroatoms. The highest BCUT2D eigenvalue weighted by molar-refractivity contribution is 7.97. The molecule has 0 saturated heterocycles. The Labute approximate surface area is 153 Å². The van der Waals surface area contributed by atoms with E-state index in [4.69, 9.17) is 23.2 Å². The molecule has 0 fully saturated rings. The average Bonchev–Trinajstić information content (AvgIpc) is 2.95. The van der Waals surface area contributed by atoms with Gasteiger partial charge in [-0.3, -0.25) is 4.72 Å². The number of aromatic nitrogens is 2. The van der Waals surface area contributed by atoms with Crippen molar-refractivity contribution in [3.05, 3.63) is 58.1 Å². The van der Waals surface area contributed by atoms with Crippen LogP contribution >= 0.6 is 35.1 Å². The summed E-state index contributed by atoms with van der Waals surface area (Å²) < 4.78 is 2.69. The van der Waals surface area contributed by atoms with Gasteiger partial charge in [-0.25, -0.2) is 9.78 Å². The molecule has 3 N–H and O–H groups in total. The summed E-state index contributed by atoms with van der Waals surface area (Å²) in [6, 6.07) is 12.7. The molecular formula is C16H14Cl2N4OS. The van der Waals surface area contributed by atoms with E-state index in [2.05, 4.69) is 20.0 Å². The zero-order valence-electron chi connectivity index (χ0n) is 12.5. The van der Waals surface area contributed by atoms with Gasteiger partial charge >= 0.3 is 6.03 Å². The summed E-state index contributed by atoms with van der Waals surface area (Å²) in [6.45, 7) is 0.475. The van der Waals surface area contributed by atoms with Gasteiger partial charge in [0.1, 0.15) is 0 Å². The average molecular weight is 381 g/mol. The van der Waals surface area contributed by atoms with Crippen LogP contribution < -0.4 is 10.0 Å². The highest BCUT2D eigenvalue weighted by Crippen LogP contribution is 2.19. The van der Waals surface area contributed by atoms with E-state index in [0.717, 1.165) is 28.5 Å². The lowest BCUT2D eigenvalue weighted by molar-refractivity contribution is 0.246. The summed E-state index contributed by atoms with van der Waals surface area (Å²) in [6.07, 6.45) is 0.642. The Balaban J connectivity index is 1.45. The number of fused-ring (bicyclic) bond motifs is 1. The number of urea groups is 1. The van der Waals surface area contributed by atoms with Crippen molar-refractivity contribution in [3.8, 4) is 0 Å². The van der Waals surface area contributed by atoms with Crippen LogP contribution in [0.2, 0.25) is 10.0 Å². The Morgan fingerprint density at radius 2 is 1.92 bits per heavy atom. The first kappa shape index (κ1) is 17.0. The normalized spacial score (nSPS) is 10.8. The quantitative estimate of drug-likeness (QED) is 0.573. The van der Waals surface area contributed by atoms with Gasteiger partial charge in [0.05, 0.1) is 11.0 Å². The van der Waals surface area contributed by atoms with Gasteiger partial charge in [0.15, 0.2) is 5.16 Å². The molecule has 2 amide bonds. The Morgan fingerprint density at radius 3 is 2.67 bits per heavy atom. The second kappa shape index (κ2) is 7.79. The second-order valence-corrected chi connectivity index (χ2v) is 6.71. The molecule has 0 saturated carbocycles. The number of hydrogen-bond donors (Lipinski definition) is 3. The van der Waals surface area contributed by atoms with Crippen molar-refractivity contribution in [3.63, 3.8) is 0 Å². The van der Waals surface area contributed by atoms with Gasteiger partial charge in [0.25, 0.3) is 0 Å². The Hall–Kier alpha value is -1.89. The van der Waals surface area contributed by atoms with E-state index >= 15 is 0 Å². The lowest BCUT2D eigenvalue weighted by Crippen LogP contribution is -2.32. The fraction of sp³-hybridized carbons (Fsp3) is 0.125. The summed E-state index contributed by atoms with van der Waals surface area (Å²) in [4.78, 5) is 19.3. The lowest BCUT2D eigenvalue weighted by Gasteiger charge is -2.06. The molecule has 5 nitrogen and oxygen atoms in total. The predicted molar refractivity (Wildman–Crippen MR) is 98.7 cm³/mol. The maximum Gasteiger partial charge on any atom is 0.325 e. The number of imidazole rings is 1. The first-order chi connectivity index (χ1) is 11.6. The number of H-pyrrole nitrogens is 1. The lowest BCUT2D eigenvalue weighted by atomic mass is 10.1. The fourth-order valence-corrected chi connectivity index (χ4v) is 3.32. The minimum atomic E-state index is -0.284. The zero-order valence-corrected chi connectivity index (χ0v) is 14.8. The molecule has 0 aliphatic rings. The van der Waals surface area contributed by atoms with E-state index in [1.54, 1.807) is 6.07 Å². The standard InChI is InChI=1S/C16H14Cl2N4OS/c17-11-7-10(8-12(18)9-11)5-6-19-15(23)22-24-16-20-13-3-1-2-4-14(13)21-16/h1-4,7-9H,5-6H2,(H,20,21)(H2,19,22,23). The maximum absolute atomic E-state index is 11.8. The van der Waals surface area contributed by atoms with Gasteiger partial charge in [-0.2, -0.15) is 0 Å². The smallest absolute Gasteiger partial charge is 0.325 e. The topological polar surface area (TPSA) is 69.8 Å². The number of para-hydroxylation sites is 2. The van der Waals surface area contributed by atoms with Crippen molar-refractivity contribution in [1.29, 1.82) is 0 Å². The molecule has 3 rings (SSSR count). The third-order valence-electron chi connectivity index (χ3n) is 3.23. The highest BCUT2D eigenvalue weighted by atomic mass is 35.5. The molecule has 0 aliphatic carbocycles. The van der Waals surface area contributed by atoms with Crippen LogP contribution in [0.5, 0.6) is 0 Å². The Morgan fingerprint density at radius 1 is 1.17 bits per heavy atom. The van der Waals surface area contributed by atoms with Crippen molar-refractivity contribution in [2.45, 2.75) is 11.6 Å². The summed E-state index contributed by atoms with van der Waals surface area (Å²) in [5, 5.41) is 4.58. The molecule has 0 radical (unpaired) electrons. The van der Waals surface area contributed by atoms with Gasteiger partial charge in [-0.05, 0) is 42.3 Å². The molecule has 124 valence electrons. The maximum atomic E-state index is 11.8. The molecule has 0 spiro atoms. The largest absolute Gasteiger partial charge is 0.337 e. The number of nitrogens with one attached hydrogen (secondary N) is 3. The molecule has 0 bridgehead atoms. The van der Waals surface area contributed by atoms with Gasteiger partial charge in [0.2, 0.25) is 0 Å². The SMILES string of the molecule is O=C(NCCc1cc(Cl)cc(Cl)c1)NSc1nc2ccccc2[nH]1. The molecule has 0 aliphatic heterocycles. The molecule has 24 heavy (non-hydrogen) atoms. The van der Waals surface area contributed by atoms with Crippen molar-refractivity contribution in [2.24, 2.45) is 0 Å². The molecule has 2 aromatic carbocycles. The van der Waals surface area contributed by atoms with E-state index in [1.165, 1.54) is 0 Å². The first-order valence-electron chi connectivity index (χ1n) is 7.20. The minimum absolute atomic E-state index is 0.284. The number of carbonyl (C=O) groups is 1. The van der Waals surface area contributed by atoms with E-state index in [-0.39, 0.29) is 6.03 Å². The summed E-state index contributed by atoms with van der Waals surface area (Å²) in [5.41, 5.74) is 2.76.